The minimum absolute atomic E-state index is 0.195. The van der Waals surface area contributed by atoms with Crippen LogP contribution in [0, 0.1) is 6.92 Å². The van der Waals surface area contributed by atoms with Crippen LogP contribution in [-0.4, -0.2) is 14.7 Å². The number of nitrogens with one attached hydrogen (secondary N) is 1. The van der Waals surface area contributed by atoms with Crippen LogP contribution in [-0.2, 0) is 6.42 Å². The van der Waals surface area contributed by atoms with Crippen LogP contribution >= 0.6 is 15.9 Å². The molecule has 0 bridgehead atoms. The van der Waals surface area contributed by atoms with Gasteiger partial charge >= 0.3 is 5.69 Å². The molecule has 0 radical (unpaired) electrons. The van der Waals surface area contributed by atoms with Crippen molar-refractivity contribution in [3.05, 3.63) is 54.6 Å². The van der Waals surface area contributed by atoms with E-state index in [1.807, 2.05) is 6.92 Å². The molecule has 1 aromatic heterocycles. The van der Waals surface area contributed by atoms with Crippen molar-refractivity contribution in [2.45, 2.75) is 20.3 Å². The van der Waals surface area contributed by atoms with Crippen molar-refractivity contribution in [3.63, 3.8) is 0 Å². The summed E-state index contributed by atoms with van der Waals surface area (Å²) in [7, 11) is 0. The Kier molecular flexibility index (Phi) is 3.61. The van der Waals surface area contributed by atoms with Crippen LogP contribution in [0.2, 0.25) is 0 Å². The minimum Gasteiger partial charge on any atom is -0.494 e. The molecule has 0 saturated carbocycles. The van der Waals surface area contributed by atoms with Crippen molar-refractivity contribution >= 4 is 15.9 Å². The number of rotatable bonds is 2. The average molecular weight is 325 g/mol. The van der Waals surface area contributed by atoms with E-state index in [1.165, 1.54) is 0 Å². The van der Waals surface area contributed by atoms with Crippen LogP contribution < -0.4 is 11.2 Å². The zero-order valence-corrected chi connectivity index (χ0v) is 12.1. The van der Waals surface area contributed by atoms with Gasteiger partial charge in [-0.2, -0.15) is 0 Å². The Balaban J connectivity index is 2.78. The molecule has 6 heteroatoms. The van der Waals surface area contributed by atoms with E-state index >= 15 is 0 Å². The SMILES string of the molecule is CCc1c(O)n(-c2ccc(Br)c(C)c2)c(=O)[nH]c1=O. The Hall–Kier alpha value is -1.82. The molecule has 2 aromatic rings. The quantitative estimate of drug-likeness (QED) is 0.885. The number of hydrogen-bond acceptors (Lipinski definition) is 3. The lowest BCUT2D eigenvalue weighted by molar-refractivity contribution is 0.423. The summed E-state index contributed by atoms with van der Waals surface area (Å²) in [6, 6.07) is 5.23. The molecule has 0 spiro atoms. The van der Waals surface area contributed by atoms with Gasteiger partial charge in [-0.1, -0.05) is 22.9 Å². The van der Waals surface area contributed by atoms with E-state index < -0.39 is 11.2 Å². The maximum absolute atomic E-state index is 11.9. The molecule has 5 nitrogen and oxygen atoms in total. The van der Waals surface area contributed by atoms with Gasteiger partial charge in [-0.05, 0) is 37.1 Å². The van der Waals surface area contributed by atoms with Crippen molar-refractivity contribution < 1.29 is 5.11 Å². The highest BCUT2D eigenvalue weighted by Gasteiger charge is 2.14. The molecule has 1 heterocycles. The van der Waals surface area contributed by atoms with Crippen molar-refractivity contribution in [2.24, 2.45) is 0 Å². The molecule has 0 fully saturated rings. The number of aryl methyl sites for hydroxylation is 1. The molecule has 0 atom stereocenters. The molecule has 0 saturated heterocycles. The van der Waals surface area contributed by atoms with Gasteiger partial charge in [-0.3, -0.25) is 9.78 Å². The summed E-state index contributed by atoms with van der Waals surface area (Å²) in [6.45, 7) is 3.62. The summed E-state index contributed by atoms with van der Waals surface area (Å²) in [5, 5.41) is 10.1. The van der Waals surface area contributed by atoms with E-state index in [4.69, 9.17) is 0 Å². The first kappa shape index (κ1) is 13.6. The van der Waals surface area contributed by atoms with E-state index in [9.17, 15) is 14.7 Å². The zero-order chi connectivity index (χ0) is 14.2. The summed E-state index contributed by atoms with van der Waals surface area (Å²) >= 11 is 3.37. The fraction of sp³-hybridized carbons (Fsp3) is 0.231. The number of aromatic amines is 1. The first-order valence-corrected chi connectivity index (χ1v) is 6.58. The molecule has 0 unspecified atom stereocenters. The Labute approximate surface area is 117 Å². The maximum Gasteiger partial charge on any atom is 0.335 e. The largest absolute Gasteiger partial charge is 0.494 e. The number of aromatic hydroxyl groups is 1. The molecule has 100 valence electrons. The molecular formula is C13H13BrN2O3. The van der Waals surface area contributed by atoms with Crippen LogP contribution in [0.3, 0.4) is 0 Å². The summed E-state index contributed by atoms with van der Waals surface area (Å²) < 4.78 is 2.00. The Morgan fingerprint density at radius 2 is 2.05 bits per heavy atom. The van der Waals surface area contributed by atoms with Crippen molar-refractivity contribution in [1.82, 2.24) is 9.55 Å². The van der Waals surface area contributed by atoms with Gasteiger partial charge < -0.3 is 5.11 Å². The van der Waals surface area contributed by atoms with E-state index in [1.54, 1.807) is 25.1 Å². The molecule has 0 amide bonds. The first-order valence-electron chi connectivity index (χ1n) is 5.79. The number of benzene rings is 1. The molecule has 0 aliphatic heterocycles. The molecule has 1 aromatic carbocycles. The van der Waals surface area contributed by atoms with Gasteiger partial charge in [0.1, 0.15) is 0 Å². The van der Waals surface area contributed by atoms with Gasteiger partial charge in [0.15, 0.2) is 0 Å². The third-order valence-corrected chi connectivity index (χ3v) is 3.82. The van der Waals surface area contributed by atoms with Gasteiger partial charge in [0, 0.05) is 4.47 Å². The maximum atomic E-state index is 11.9. The number of halogens is 1. The molecule has 2 N–H and O–H groups in total. The topological polar surface area (TPSA) is 75.1 Å². The van der Waals surface area contributed by atoms with E-state index in [0.717, 1.165) is 14.6 Å². The standard InChI is InChI=1S/C13H13BrN2O3/c1-3-9-11(17)15-13(19)16(12(9)18)8-4-5-10(14)7(2)6-8/h4-6,18H,3H2,1-2H3,(H,15,17,19). The third kappa shape index (κ3) is 2.35. The molecule has 2 rings (SSSR count). The second-order valence-electron chi connectivity index (χ2n) is 4.18. The van der Waals surface area contributed by atoms with Gasteiger partial charge in [0.25, 0.3) is 5.56 Å². The van der Waals surface area contributed by atoms with Crippen LogP contribution in [0.15, 0.2) is 32.3 Å². The van der Waals surface area contributed by atoms with Crippen LogP contribution in [0.25, 0.3) is 5.69 Å². The van der Waals surface area contributed by atoms with Crippen LogP contribution in [0.4, 0.5) is 0 Å². The molecular weight excluding hydrogens is 312 g/mol. The summed E-state index contributed by atoms with van der Waals surface area (Å²) in [5.74, 6) is -0.307. The fourth-order valence-corrected chi connectivity index (χ4v) is 2.13. The van der Waals surface area contributed by atoms with E-state index in [-0.39, 0.29) is 11.4 Å². The summed E-state index contributed by atoms with van der Waals surface area (Å²) in [5.41, 5.74) is 0.430. The fourth-order valence-electron chi connectivity index (χ4n) is 1.89. The lowest BCUT2D eigenvalue weighted by atomic mass is 10.2. The van der Waals surface area contributed by atoms with Crippen LogP contribution in [0.1, 0.15) is 18.1 Å². The van der Waals surface area contributed by atoms with E-state index in [0.29, 0.717) is 12.1 Å². The molecule has 0 aliphatic carbocycles. The van der Waals surface area contributed by atoms with Gasteiger partial charge in [0.2, 0.25) is 5.88 Å². The first-order chi connectivity index (χ1) is 8.95. The third-order valence-electron chi connectivity index (χ3n) is 2.93. The predicted octanol–water partition coefficient (Wildman–Crippen LogP) is 1.86. The van der Waals surface area contributed by atoms with Crippen molar-refractivity contribution in [3.8, 4) is 11.6 Å². The normalized spacial score (nSPS) is 10.7. The number of nitrogens with zero attached hydrogens (tertiary/aromatic N) is 1. The number of H-pyrrole nitrogens is 1. The van der Waals surface area contributed by atoms with Crippen molar-refractivity contribution in [2.75, 3.05) is 0 Å². The highest BCUT2D eigenvalue weighted by atomic mass is 79.9. The predicted molar refractivity (Wildman–Crippen MR) is 76.1 cm³/mol. The van der Waals surface area contributed by atoms with E-state index in [2.05, 4.69) is 20.9 Å². The van der Waals surface area contributed by atoms with Gasteiger partial charge in [-0.25, -0.2) is 9.36 Å². The second kappa shape index (κ2) is 5.05. The van der Waals surface area contributed by atoms with Crippen LogP contribution in [0.5, 0.6) is 5.88 Å². The minimum atomic E-state index is -0.651. The lowest BCUT2D eigenvalue weighted by Crippen LogP contribution is -2.31. The monoisotopic (exact) mass is 324 g/mol. The highest BCUT2D eigenvalue weighted by molar-refractivity contribution is 9.10. The summed E-state index contributed by atoms with van der Waals surface area (Å²) in [4.78, 5) is 25.6. The van der Waals surface area contributed by atoms with Gasteiger partial charge in [0.05, 0.1) is 11.3 Å². The lowest BCUT2D eigenvalue weighted by Gasteiger charge is -2.11. The zero-order valence-electron chi connectivity index (χ0n) is 10.5. The number of aromatic nitrogens is 2. The smallest absolute Gasteiger partial charge is 0.335 e. The number of hydrogen-bond donors (Lipinski definition) is 2. The van der Waals surface area contributed by atoms with Crippen molar-refractivity contribution in [1.29, 1.82) is 0 Å². The Morgan fingerprint density at radius 1 is 1.37 bits per heavy atom. The highest BCUT2D eigenvalue weighted by Crippen LogP contribution is 2.22. The van der Waals surface area contributed by atoms with Gasteiger partial charge in [-0.15, -0.1) is 0 Å². The Bertz CT molecular complexity index is 747. The molecule has 0 aliphatic rings. The second-order valence-corrected chi connectivity index (χ2v) is 5.04. The Morgan fingerprint density at radius 3 is 2.63 bits per heavy atom. The average Bonchev–Trinajstić information content (AvgIpc) is 2.33. The summed E-state index contributed by atoms with van der Waals surface area (Å²) in [6.07, 6.45) is 0.344. The molecule has 19 heavy (non-hydrogen) atoms.